The Morgan fingerprint density at radius 2 is 1.94 bits per heavy atom. The van der Waals surface area contributed by atoms with Crippen LogP contribution in [0.15, 0.2) is 0 Å². The summed E-state index contributed by atoms with van der Waals surface area (Å²) in [5, 5.41) is 0. The monoisotopic (exact) mass is 231 g/mol. The van der Waals surface area contributed by atoms with E-state index in [-0.39, 0.29) is 25.0 Å². The smallest absolute Gasteiger partial charge is 0.242 e. The summed E-state index contributed by atoms with van der Waals surface area (Å²) in [6.07, 6.45) is 0. The molecular formula is C10H21N3O3. The van der Waals surface area contributed by atoms with Crippen LogP contribution in [0.3, 0.4) is 0 Å². The maximum atomic E-state index is 11.8. The molecule has 0 aliphatic heterocycles. The molecule has 1 unspecified atom stereocenters. The van der Waals surface area contributed by atoms with E-state index >= 15 is 0 Å². The van der Waals surface area contributed by atoms with Gasteiger partial charge in [-0.1, -0.05) is 13.8 Å². The van der Waals surface area contributed by atoms with Gasteiger partial charge in [0.15, 0.2) is 0 Å². The SMILES string of the molecule is COCC(N)C(=O)N(CC(N)=O)CC(C)C. The van der Waals surface area contributed by atoms with E-state index in [4.69, 9.17) is 16.2 Å². The van der Waals surface area contributed by atoms with Crippen LogP contribution in [0.1, 0.15) is 13.8 Å². The Morgan fingerprint density at radius 3 is 2.31 bits per heavy atom. The molecule has 0 bridgehead atoms. The molecule has 0 rings (SSSR count). The van der Waals surface area contributed by atoms with Gasteiger partial charge in [0.25, 0.3) is 0 Å². The molecule has 0 heterocycles. The first kappa shape index (κ1) is 14.9. The van der Waals surface area contributed by atoms with Crippen molar-refractivity contribution < 1.29 is 14.3 Å². The molecule has 0 aromatic carbocycles. The number of hydrogen-bond acceptors (Lipinski definition) is 4. The van der Waals surface area contributed by atoms with Gasteiger partial charge >= 0.3 is 0 Å². The quantitative estimate of drug-likeness (QED) is 0.583. The second kappa shape index (κ2) is 7.19. The maximum Gasteiger partial charge on any atom is 0.242 e. The van der Waals surface area contributed by atoms with Crippen LogP contribution in [0.2, 0.25) is 0 Å². The Kier molecular flexibility index (Phi) is 6.67. The highest BCUT2D eigenvalue weighted by Crippen LogP contribution is 2.01. The summed E-state index contributed by atoms with van der Waals surface area (Å²) < 4.78 is 4.80. The van der Waals surface area contributed by atoms with Gasteiger partial charge in [-0.3, -0.25) is 9.59 Å². The lowest BCUT2D eigenvalue weighted by atomic mass is 10.2. The summed E-state index contributed by atoms with van der Waals surface area (Å²) in [7, 11) is 1.47. The van der Waals surface area contributed by atoms with Gasteiger partial charge in [0.1, 0.15) is 6.04 Å². The lowest BCUT2D eigenvalue weighted by Crippen LogP contribution is -2.49. The second-order valence-corrected chi connectivity index (χ2v) is 4.14. The van der Waals surface area contributed by atoms with Crippen LogP contribution in [0.4, 0.5) is 0 Å². The molecule has 0 aliphatic rings. The zero-order valence-electron chi connectivity index (χ0n) is 10.1. The fourth-order valence-corrected chi connectivity index (χ4v) is 1.35. The lowest BCUT2D eigenvalue weighted by molar-refractivity contribution is -0.137. The van der Waals surface area contributed by atoms with E-state index in [2.05, 4.69) is 0 Å². The van der Waals surface area contributed by atoms with Crippen molar-refractivity contribution in [1.82, 2.24) is 4.90 Å². The fourth-order valence-electron chi connectivity index (χ4n) is 1.35. The van der Waals surface area contributed by atoms with Gasteiger partial charge in [0, 0.05) is 13.7 Å². The van der Waals surface area contributed by atoms with E-state index in [0.29, 0.717) is 6.54 Å². The minimum absolute atomic E-state index is 0.103. The van der Waals surface area contributed by atoms with Crippen molar-refractivity contribution in [2.45, 2.75) is 19.9 Å². The van der Waals surface area contributed by atoms with Crippen molar-refractivity contribution in [3.63, 3.8) is 0 Å². The first-order valence-corrected chi connectivity index (χ1v) is 5.20. The lowest BCUT2D eigenvalue weighted by Gasteiger charge is -2.25. The average Bonchev–Trinajstić information content (AvgIpc) is 2.14. The van der Waals surface area contributed by atoms with Gasteiger partial charge in [0.2, 0.25) is 11.8 Å². The van der Waals surface area contributed by atoms with Crippen molar-refractivity contribution in [1.29, 1.82) is 0 Å². The largest absolute Gasteiger partial charge is 0.383 e. The van der Waals surface area contributed by atoms with Gasteiger partial charge in [-0.05, 0) is 5.92 Å². The Hall–Kier alpha value is -1.14. The van der Waals surface area contributed by atoms with Gasteiger partial charge in [-0.15, -0.1) is 0 Å². The predicted octanol–water partition coefficient (Wildman–Crippen LogP) is -1.07. The maximum absolute atomic E-state index is 11.8. The number of amides is 2. The van der Waals surface area contributed by atoms with Crippen molar-refractivity contribution >= 4 is 11.8 Å². The highest BCUT2D eigenvalue weighted by Gasteiger charge is 2.22. The molecule has 0 spiro atoms. The number of rotatable bonds is 7. The number of ether oxygens (including phenoxy) is 1. The van der Waals surface area contributed by atoms with E-state index in [1.807, 2.05) is 13.8 Å². The summed E-state index contributed by atoms with van der Waals surface area (Å²) >= 11 is 0. The number of carbonyl (C=O) groups is 2. The molecule has 0 saturated carbocycles. The molecule has 6 nitrogen and oxygen atoms in total. The molecule has 6 heteroatoms. The molecule has 16 heavy (non-hydrogen) atoms. The highest BCUT2D eigenvalue weighted by molar-refractivity contribution is 5.86. The summed E-state index contributed by atoms with van der Waals surface area (Å²) in [5.41, 5.74) is 10.7. The van der Waals surface area contributed by atoms with Crippen LogP contribution < -0.4 is 11.5 Å². The van der Waals surface area contributed by atoms with Crippen LogP contribution >= 0.6 is 0 Å². The molecule has 0 fully saturated rings. The fraction of sp³-hybridized carbons (Fsp3) is 0.800. The Labute approximate surface area is 95.9 Å². The number of methoxy groups -OCH3 is 1. The van der Waals surface area contributed by atoms with Crippen molar-refractivity contribution in [3.8, 4) is 0 Å². The summed E-state index contributed by atoms with van der Waals surface area (Å²) in [6.45, 7) is 4.38. The van der Waals surface area contributed by atoms with Crippen LogP contribution in [-0.2, 0) is 14.3 Å². The molecule has 2 amide bonds. The van der Waals surface area contributed by atoms with Crippen LogP contribution in [-0.4, -0.2) is 49.6 Å². The van der Waals surface area contributed by atoms with Crippen molar-refractivity contribution in [3.05, 3.63) is 0 Å². The molecule has 94 valence electrons. The third-order valence-electron chi connectivity index (χ3n) is 1.91. The zero-order valence-corrected chi connectivity index (χ0v) is 10.1. The third-order valence-corrected chi connectivity index (χ3v) is 1.91. The minimum atomic E-state index is -0.747. The van der Waals surface area contributed by atoms with E-state index in [0.717, 1.165) is 0 Å². The van der Waals surface area contributed by atoms with Crippen LogP contribution in [0.5, 0.6) is 0 Å². The average molecular weight is 231 g/mol. The molecule has 0 radical (unpaired) electrons. The van der Waals surface area contributed by atoms with Gasteiger partial charge < -0.3 is 21.1 Å². The topological polar surface area (TPSA) is 98.7 Å². The summed E-state index contributed by atoms with van der Waals surface area (Å²) in [4.78, 5) is 24.0. The van der Waals surface area contributed by atoms with E-state index in [9.17, 15) is 9.59 Å². The second-order valence-electron chi connectivity index (χ2n) is 4.14. The summed E-state index contributed by atoms with van der Waals surface area (Å²) in [5.74, 6) is -0.606. The molecule has 4 N–H and O–H groups in total. The minimum Gasteiger partial charge on any atom is -0.383 e. The Balaban J connectivity index is 4.48. The van der Waals surface area contributed by atoms with Crippen LogP contribution in [0.25, 0.3) is 0 Å². The zero-order chi connectivity index (χ0) is 12.7. The predicted molar refractivity (Wildman–Crippen MR) is 60.5 cm³/mol. The Bertz CT molecular complexity index is 243. The number of hydrogen-bond donors (Lipinski definition) is 2. The molecule has 0 aromatic heterocycles. The number of nitrogens with zero attached hydrogens (tertiary/aromatic N) is 1. The number of primary amides is 1. The third kappa shape index (κ3) is 5.67. The number of carbonyl (C=O) groups excluding carboxylic acids is 2. The number of nitrogens with two attached hydrogens (primary N) is 2. The van der Waals surface area contributed by atoms with Gasteiger partial charge in [-0.25, -0.2) is 0 Å². The normalized spacial score (nSPS) is 12.6. The van der Waals surface area contributed by atoms with Crippen LogP contribution in [0, 0.1) is 5.92 Å². The summed E-state index contributed by atoms with van der Waals surface area (Å²) in [6, 6.07) is -0.747. The van der Waals surface area contributed by atoms with Crippen molar-refractivity contribution in [2.75, 3.05) is 26.8 Å². The first-order valence-electron chi connectivity index (χ1n) is 5.20. The van der Waals surface area contributed by atoms with E-state index in [1.54, 1.807) is 0 Å². The van der Waals surface area contributed by atoms with Gasteiger partial charge in [-0.2, -0.15) is 0 Å². The molecule has 0 aliphatic carbocycles. The van der Waals surface area contributed by atoms with E-state index in [1.165, 1.54) is 12.0 Å². The van der Waals surface area contributed by atoms with Gasteiger partial charge in [0.05, 0.1) is 13.2 Å². The molecule has 1 atom stereocenters. The molecule has 0 saturated heterocycles. The molecular weight excluding hydrogens is 210 g/mol. The van der Waals surface area contributed by atoms with E-state index < -0.39 is 11.9 Å². The Morgan fingerprint density at radius 1 is 1.38 bits per heavy atom. The first-order chi connectivity index (χ1) is 7.38. The highest BCUT2D eigenvalue weighted by atomic mass is 16.5. The standard InChI is InChI=1S/C10H21N3O3/c1-7(2)4-13(5-9(12)14)10(15)8(11)6-16-3/h7-8H,4-6,11H2,1-3H3,(H2,12,14). The van der Waals surface area contributed by atoms with Crippen molar-refractivity contribution in [2.24, 2.45) is 17.4 Å². The molecule has 0 aromatic rings.